The number of anilines is 1. The number of rotatable bonds is 2. The number of nitrogen functional groups attached to an aromatic ring is 1. The molecule has 0 radical (unpaired) electrons. The van der Waals surface area contributed by atoms with Gasteiger partial charge < -0.3 is 5.73 Å². The highest BCUT2D eigenvalue weighted by molar-refractivity contribution is 5.95. The number of nitrogens with zero attached hydrogens (tertiary/aromatic N) is 2. The van der Waals surface area contributed by atoms with E-state index in [2.05, 4.69) is 11.1 Å². The van der Waals surface area contributed by atoms with Gasteiger partial charge in [0.1, 0.15) is 5.82 Å². The molecule has 0 unspecified atom stereocenters. The molecule has 0 aliphatic heterocycles. The zero-order chi connectivity index (χ0) is 14.7. The van der Waals surface area contributed by atoms with Crippen molar-refractivity contribution in [1.82, 2.24) is 4.98 Å². The van der Waals surface area contributed by atoms with Crippen molar-refractivity contribution in [3.63, 3.8) is 0 Å². The zero-order valence-corrected chi connectivity index (χ0v) is 11.3. The molecule has 0 fully saturated rings. The molecule has 100 valence electrons. The molecular weight excluding hydrogens is 258 g/mol. The molecular formula is C18H13N3. The highest BCUT2D eigenvalue weighted by Crippen LogP contribution is 2.24. The Morgan fingerprint density at radius 1 is 1.00 bits per heavy atom. The molecule has 2 N–H and O–H groups in total. The largest absolute Gasteiger partial charge is 0.383 e. The van der Waals surface area contributed by atoms with Crippen LogP contribution < -0.4 is 5.73 Å². The summed E-state index contributed by atoms with van der Waals surface area (Å²) >= 11 is 0. The first-order valence-electron chi connectivity index (χ1n) is 6.59. The van der Waals surface area contributed by atoms with E-state index in [0.717, 1.165) is 21.9 Å². The summed E-state index contributed by atoms with van der Waals surface area (Å²) in [4.78, 5) is 4.23. The van der Waals surface area contributed by atoms with Crippen LogP contribution in [0.3, 0.4) is 0 Å². The van der Waals surface area contributed by atoms with Gasteiger partial charge in [0.25, 0.3) is 0 Å². The molecule has 3 rings (SSSR count). The van der Waals surface area contributed by atoms with E-state index in [1.54, 1.807) is 18.3 Å². The molecule has 0 aliphatic rings. The number of benzene rings is 2. The molecule has 3 nitrogen and oxygen atoms in total. The molecule has 3 heteroatoms. The number of nitriles is 1. The number of hydrogen-bond acceptors (Lipinski definition) is 3. The van der Waals surface area contributed by atoms with Crippen LogP contribution in [0.5, 0.6) is 0 Å². The predicted octanol–water partition coefficient (Wildman–Crippen LogP) is 3.86. The fraction of sp³-hybridized carbons (Fsp3) is 0. The molecule has 0 saturated carbocycles. The van der Waals surface area contributed by atoms with E-state index in [0.29, 0.717) is 11.4 Å². The average molecular weight is 271 g/mol. The van der Waals surface area contributed by atoms with Crippen molar-refractivity contribution in [3.05, 3.63) is 71.4 Å². The molecule has 21 heavy (non-hydrogen) atoms. The van der Waals surface area contributed by atoms with E-state index in [9.17, 15) is 0 Å². The second-order valence-corrected chi connectivity index (χ2v) is 4.71. The maximum atomic E-state index is 8.80. The molecule has 1 heterocycles. The lowest BCUT2D eigenvalue weighted by molar-refractivity contribution is 1.36. The zero-order valence-electron chi connectivity index (χ0n) is 11.3. The summed E-state index contributed by atoms with van der Waals surface area (Å²) in [6.45, 7) is 0. The first-order valence-corrected chi connectivity index (χ1v) is 6.59. The maximum Gasteiger partial charge on any atom is 0.131 e. The Kier molecular flexibility index (Phi) is 3.36. The van der Waals surface area contributed by atoms with Gasteiger partial charge in [-0.3, -0.25) is 0 Å². The normalized spacial score (nSPS) is 10.8. The number of hydrogen-bond donors (Lipinski definition) is 1. The lowest BCUT2D eigenvalue weighted by atomic mass is 10.0. The van der Waals surface area contributed by atoms with Crippen molar-refractivity contribution < 1.29 is 0 Å². The lowest BCUT2D eigenvalue weighted by Gasteiger charge is -2.05. The topological polar surface area (TPSA) is 62.7 Å². The van der Waals surface area contributed by atoms with Gasteiger partial charge in [-0.05, 0) is 23.1 Å². The second kappa shape index (κ2) is 5.48. The SMILES string of the molecule is N#Cc1ccc(C=Cc2c(N)ncc3ccccc23)cc1. The third-order valence-corrected chi connectivity index (χ3v) is 3.35. The van der Waals surface area contributed by atoms with Gasteiger partial charge in [0.15, 0.2) is 0 Å². The smallest absolute Gasteiger partial charge is 0.131 e. The van der Waals surface area contributed by atoms with Crippen molar-refractivity contribution in [2.75, 3.05) is 5.73 Å². The summed E-state index contributed by atoms with van der Waals surface area (Å²) in [6, 6.07) is 17.5. The van der Waals surface area contributed by atoms with Crippen LogP contribution in [-0.2, 0) is 0 Å². The highest BCUT2D eigenvalue weighted by atomic mass is 14.8. The summed E-state index contributed by atoms with van der Waals surface area (Å²) in [5.41, 5.74) is 8.57. The highest BCUT2D eigenvalue weighted by Gasteiger charge is 2.03. The number of pyridine rings is 1. The van der Waals surface area contributed by atoms with Gasteiger partial charge >= 0.3 is 0 Å². The minimum atomic E-state index is 0.513. The van der Waals surface area contributed by atoms with Crippen molar-refractivity contribution in [2.24, 2.45) is 0 Å². The van der Waals surface area contributed by atoms with Crippen LogP contribution in [-0.4, -0.2) is 4.98 Å². The Morgan fingerprint density at radius 2 is 1.76 bits per heavy atom. The monoisotopic (exact) mass is 271 g/mol. The van der Waals surface area contributed by atoms with Crippen molar-refractivity contribution >= 4 is 28.7 Å². The first kappa shape index (κ1) is 12.9. The van der Waals surface area contributed by atoms with Crippen LogP contribution in [0.4, 0.5) is 5.82 Å². The van der Waals surface area contributed by atoms with Crippen LogP contribution in [0.2, 0.25) is 0 Å². The summed E-state index contributed by atoms with van der Waals surface area (Å²) in [5, 5.41) is 10.9. The Bertz CT molecular complexity index is 856. The van der Waals surface area contributed by atoms with E-state index in [-0.39, 0.29) is 0 Å². The number of nitrogens with two attached hydrogens (primary N) is 1. The van der Waals surface area contributed by atoms with E-state index in [1.165, 1.54) is 0 Å². The Balaban J connectivity index is 2.02. The molecule has 2 aromatic carbocycles. The van der Waals surface area contributed by atoms with Gasteiger partial charge in [0, 0.05) is 17.1 Å². The first-order chi connectivity index (χ1) is 10.3. The Hall–Kier alpha value is -3.12. The van der Waals surface area contributed by atoms with Crippen molar-refractivity contribution in [3.8, 4) is 6.07 Å². The van der Waals surface area contributed by atoms with E-state index in [4.69, 9.17) is 11.0 Å². The molecule has 0 saturated heterocycles. The molecule has 0 spiro atoms. The van der Waals surface area contributed by atoms with E-state index >= 15 is 0 Å². The molecule has 0 atom stereocenters. The number of aromatic nitrogens is 1. The fourth-order valence-corrected chi connectivity index (χ4v) is 2.22. The van der Waals surface area contributed by atoms with Crippen molar-refractivity contribution in [1.29, 1.82) is 5.26 Å². The predicted molar refractivity (Wildman–Crippen MR) is 86.2 cm³/mol. The summed E-state index contributed by atoms with van der Waals surface area (Å²) in [5.74, 6) is 0.513. The number of fused-ring (bicyclic) bond motifs is 1. The van der Waals surface area contributed by atoms with E-state index < -0.39 is 0 Å². The second-order valence-electron chi connectivity index (χ2n) is 4.71. The van der Waals surface area contributed by atoms with Gasteiger partial charge in [-0.1, -0.05) is 48.6 Å². The summed E-state index contributed by atoms with van der Waals surface area (Å²) < 4.78 is 0. The molecule has 0 amide bonds. The molecule has 0 aliphatic carbocycles. The lowest BCUT2D eigenvalue weighted by Crippen LogP contribution is -1.94. The van der Waals surface area contributed by atoms with Crippen LogP contribution in [0, 0.1) is 11.3 Å². The van der Waals surface area contributed by atoms with Crippen LogP contribution in [0.25, 0.3) is 22.9 Å². The minimum absolute atomic E-state index is 0.513. The maximum absolute atomic E-state index is 8.80. The van der Waals surface area contributed by atoms with Crippen molar-refractivity contribution in [2.45, 2.75) is 0 Å². The Morgan fingerprint density at radius 3 is 2.52 bits per heavy atom. The Labute approximate surface area is 123 Å². The van der Waals surface area contributed by atoms with Gasteiger partial charge in [-0.2, -0.15) is 5.26 Å². The van der Waals surface area contributed by atoms with Gasteiger partial charge in [-0.15, -0.1) is 0 Å². The van der Waals surface area contributed by atoms with Crippen LogP contribution >= 0.6 is 0 Å². The van der Waals surface area contributed by atoms with Gasteiger partial charge in [0.2, 0.25) is 0 Å². The van der Waals surface area contributed by atoms with Gasteiger partial charge in [-0.25, -0.2) is 4.98 Å². The van der Waals surface area contributed by atoms with E-state index in [1.807, 2.05) is 48.6 Å². The van der Waals surface area contributed by atoms with Crippen LogP contribution in [0.1, 0.15) is 16.7 Å². The van der Waals surface area contributed by atoms with Gasteiger partial charge in [0.05, 0.1) is 11.6 Å². The third kappa shape index (κ3) is 2.60. The summed E-state index contributed by atoms with van der Waals surface area (Å²) in [7, 11) is 0. The fourth-order valence-electron chi connectivity index (χ4n) is 2.22. The quantitative estimate of drug-likeness (QED) is 0.769. The average Bonchev–Trinajstić information content (AvgIpc) is 2.54. The molecule has 1 aromatic heterocycles. The minimum Gasteiger partial charge on any atom is -0.383 e. The molecule has 0 bridgehead atoms. The standard InChI is InChI=1S/C18H13N3/c19-11-14-7-5-13(6-8-14)9-10-17-16-4-2-1-3-15(16)12-21-18(17)20/h1-10,12H,(H2,20,21). The van der Waals surface area contributed by atoms with Crippen LogP contribution in [0.15, 0.2) is 54.7 Å². The summed E-state index contributed by atoms with van der Waals surface area (Å²) in [6.07, 6.45) is 5.72. The molecule has 3 aromatic rings. The third-order valence-electron chi connectivity index (χ3n) is 3.35.